The summed E-state index contributed by atoms with van der Waals surface area (Å²) in [5.41, 5.74) is 4.75. The van der Waals surface area contributed by atoms with E-state index in [0.717, 1.165) is 25.7 Å². The van der Waals surface area contributed by atoms with Crippen molar-refractivity contribution in [1.82, 2.24) is 4.90 Å². The summed E-state index contributed by atoms with van der Waals surface area (Å²) in [7, 11) is 0. The first-order valence-corrected chi connectivity index (χ1v) is 7.52. The second kappa shape index (κ2) is 7.43. The quantitative estimate of drug-likeness (QED) is 0.707. The molecule has 0 unspecified atom stereocenters. The Bertz CT molecular complexity index is 400. The summed E-state index contributed by atoms with van der Waals surface area (Å²) in [5, 5.41) is 9.08. The summed E-state index contributed by atoms with van der Waals surface area (Å²) >= 11 is 0. The fourth-order valence-corrected chi connectivity index (χ4v) is 3.18. The zero-order valence-corrected chi connectivity index (χ0v) is 12.9. The van der Waals surface area contributed by atoms with E-state index in [1.54, 1.807) is 0 Å². The van der Waals surface area contributed by atoms with Crippen molar-refractivity contribution in [1.29, 1.82) is 0 Å². The third-order valence-electron chi connectivity index (χ3n) is 4.00. The predicted molar refractivity (Wildman–Crippen MR) is 78.4 cm³/mol. The van der Waals surface area contributed by atoms with Crippen molar-refractivity contribution in [2.24, 2.45) is 17.1 Å². The van der Waals surface area contributed by atoms with Crippen LogP contribution in [0.1, 0.15) is 52.4 Å². The van der Waals surface area contributed by atoms with Crippen LogP contribution >= 0.6 is 0 Å². The van der Waals surface area contributed by atoms with Crippen LogP contribution in [0.4, 0.5) is 0 Å². The Morgan fingerprint density at radius 3 is 2.19 bits per heavy atom. The first kappa shape index (κ1) is 17.5. The summed E-state index contributed by atoms with van der Waals surface area (Å²) in [4.78, 5) is 36.1. The van der Waals surface area contributed by atoms with E-state index >= 15 is 0 Å². The van der Waals surface area contributed by atoms with Crippen LogP contribution in [0, 0.1) is 11.3 Å². The van der Waals surface area contributed by atoms with Gasteiger partial charge in [0.05, 0.1) is 13.0 Å². The Balaban J connectivity index is 2.77. The molecule has 6 heteroatoms. The second-order valence-corrected chi connectivity index (χ2v) is 6.59. The molecule has 1 aliphatic rings. The number of carboxylic acids is 1. The minimum atomic E-state index is -0.866. The number of primary amides is 1. The number of hydrogen-bond acceptors (Lipinski definition) is 3. The van der Waals surface area contributed by atoms with Crippen molar-refractivity contribution in [3.8, 4) is 0 Å². The fraction of sp³-hybridized carbons (Fsp3) is 0.800. The molecule has 1 rings (SSSR count). The lowest BCUT2D eigenvalue weighted by molar-refractivity contribution is -0.142. The van der Waals surface area contributed by atoms with Gasteiger partial charge < -0.3 is 15.7 Å². The number of aliphatic carboxylic acids is 1. The Hall–Kier alpha value is -1.59. The molecule has 0 spiro atoms. The van der Waals surface area contributed by atoms with Crippen LogP contribution in [0.5, 0.6) is 0 Å². The van der Waals surface area contributed by atoms with Gasteiger partial charge >= 0.3 is 5.97 Å². The van der Waals surface area contributed by atoms with Gasteiger partial charge in [-0.15, -0.1) is 0 Å². The Labute approximate surface area is 125 Å². The highest BCUT2D eigenvalue weighted by atomic mass is 16.4. The molecule has 0 saturated heterocycles. The van der Waals surface area contributed by atoms with Crippen LogP contribution in [0.3, 0.4) is 0 Å². The molecule has 3 N–H and O–H groups in total. The van der Waals surface area contributed by atoms with Crippen molar-refractivity contribution in [3.63, 3.8) is 0 Å². The molecule has 0 aromatic carbocycles. The molecule has 21 heavy (non-hydrogen) atoms. The van der Waals surface area contributed by atoms with Crippen molar-refractivity contribution in [3.05, 3.63) is 0 Å². The average Bonchev–Trinajstić information content (AvgIpc) is 2.74. The Kier molecular flexibility index (Phi) is 6.18. The molecule has 0 aromatic rings. The van der Waals surface area contributed by atoms with Gasteiger partial charge in [-0.3, -0.25) is 14.4 Å². The van der Waals surface area contributed by atoms with E-state index in [1.807, 2.05) is 13.8 Å². The Morgan fingerprint density at radius 1 is 1.19 bits per heavy atom. The van der Waals surface area contributed by atoms with E-state index in [0.29, 0.717) is 6.54 Å². The number of carbonyl (C=O) groups excluding carboxylic acids is 2. The molecule has 1 saturated carbocycles. The molecule has 0 bridgehead atoms. The van der Waals surface area contributed by atoms with E-state index in [4.69, 9.17) is 10.8 Å². The van der Waals surface area contributed by atoms with E-state index in [9.17, 15) is 14.4 Å². The first-order valence-electron chi connectivity index (χ1n) is 7.52. The average molecular weight is 298 g/mol. The minimum absolute atomic E-state index is 0.0187. The Morgan fingerprint density at radius 2 is 1.76 bits per heavy atom. The number of amides is 2. The molecule has 2 amide bonds. The fourth-order valence-electron chi connectivity index (χ4n) is 3.18. The first-order chi connectivity index (χ1) is 9.74. The summed E-state index contributed by atoms with van der Waals surface area (Å²) in [5.74, 6) is -1.34. The third kappa shape index (κ3) is 5.73. The number of rotatable bonds is 8. The number of carbonyl (C=O) groups is 3. The summed E-state index contributed by atoms with van der Waals surface area (Å²) in [6, 6.07) is 0. The van der Waals surface area contributed by atoms with Gasteiger partial charge in [-0.25, -0.2) is 0 Å². The lowest BCUT2D eigenvalue weighted by atomic mass is 9.79. The van der Waals surface area contributed by atoms with E-state index in [1.165, 1.54) is 4.90 Å². The molecule has 1 aliphatic carbocycles. The molecule has 0 aliphatic heterocycles. The molecule has 1 fully saturated rings. The van der Waals surface area contributed by atoms with Crippen LogP contribution < -0.4 is 5.73 Å². The van der Waals surface area contributed by atoms with Crippen LogP contribution in [-0.4, -0.2) is 40.9 Å². The lowest BCUT2D eigenvalue weighted by Crippen LogP contribution is -2.42. The summed E-state index contributed by atoms with van der Waals surface area (Å²) in [6.07, 6.45) is 3.65. The maximum absolute atomic E-state index is 12.5. The van der Waals surface area contributed by atoms with Crippen LogP contribution in [0.2, 0.25) is 0 Å². The zero-order chi connectivity index (χ0) is 16.0. The normalized spacial score (nSPS) is 16.9. The lowest BCUT2D eigenvalue weighted by Gasteiger charge is -2.31. The number of nitrogens with zero attached hydrogens (tertiary/aromatic N) is 1. The van der Waals surface area contributed by atoms with Gasteiger partial charge in [-0.05, 0) is 24.2 Å². The van der Waals surface area contributed by atoms with Crippen molar-refractivity contribution in [2.75, 3.05) is 13.1 Å². The van der Waals surface area contributed by atoms with Gasteiger partial charge in [-0.1, -0.05) is 26.7 Å². The van der Waals surface area contributed by atoms with Crippen molar-refractivity contribution in [2.45, 2.75) is 52.4 Å². The monoisotopic (exact) mass is 298 g/mol. The van der Waals surface area contributed by atoms with Crippen LogP contribution in [0.15, 0.2) is 0 Å². The number of nitrogens with two attached hydrogens (primary N) is 1. The number of carboxylic acid groups (broad SMARTS) is 1. The summed E-state index contributed by atoms with van der Waals surface area (Å²) < 4.78 is 0. The maximum atomic E-state index is 12.5. The minimum Gasteiger partial charge on any atom is -0.481 e. The molecule has 120 valence electrons. The van der Waals surface area contributed by atoms with E-state index < -0.39 is 17.3 Å². The number of hydrogen-bond donors (Lipinski definition) is 2. The topological polar surface area (TPSA) is 101 Å². The van der Waals surface area contributed by atoms with E-state index in [2.05, 4.69) is 0 Å². The molecule has 0 atom stereocenters. The van der Waals surface area contributed by atoms with Crippen molar-refractivity contribution >= 4 is 17.8 Å². The highest BCUT2D eigenvalue weighted by Crippen LogP contribution is 2.44. The van der Waals surface area contributed by atoms with Crippen LogP contribution in [-0.2, 0) is 14.4 Å². The highest BCUT2D eigenvalue weighted by molar-refractivity contribution is 5.84. The van der Waals surface area contributed by atoms with Gasteiger partial charge in [0.1, 0.15) is 0 Å². The molecular formula is C15H26N2O4. The van der Waals surface area contributed by atoms with Crippen LogP contribution in [0.25, 0.3) is 0 Å². The molecule has 6 nitrogen and oxygen atoms in total. The predicted octanol–water partition coefficient (Wildman–Crippen LogP) is 1.38. The zero-order valence-electron chi connectivity index (χ0n) is 12.9. The third-order valence-corrected chi connectivity index (χ3v) is 4.00. The standard InChI is InChI=1S/C15H26N2O4/c1-11(2)9-17(10-12(16)18)13(19)7-15(8-14(20)21)5-3-4-6-15/h11H,3-10H2,1-2H3,(H2,16,18)(H,20,21). The van der Waals surface area contributed by atoms with Gasteiger partial charge in [0, 0.05) is 13.0 Å². The molecule has 0 radical (unpaired) electrons. The SMILES string of the molecule is CC(C)CN(CC(N)=O)C(=O)CC1(CC(=O)O)CCCC1. The second-order valence-electron chi connectivity index (χ2n) is 6.59. The van der Waals surface area contributed by atoms with Gasteiger partial charge in [0.25, 0.3) is 0 Å². The highest BCUT2D eigenvalue weighted by Gasteiger charge is 2.39. The smallest absolute Gasteiger partial charge is 0.303 e. The molecule has 0 aromatic heterocycles. The van der Waals surface area contributed by atoms with Gasteiger partial charge in [-0.2, -0.15) is 0 Å². The van der Waals surface area contributed by atoms with Gasteiger partial charge in [0.2, 0.25) is 11.8 Å². The molecular weight excluding hydrogens is 272 g/mol. The van der Waals surface area contributed by atoms with Crippen molar-refractivity contribution < 1.29 is 19.5 Å². The van der Waals surface area contributed by atoms with E-state index in [-0.39, 0.29) is 31.2 Å². The molecule has 0 heterocycles. The van der Waals surface area contributed by atoms with Gasteiger partial charge in [0.15, 0.2) is 0 Å². The maximum Gasteiger partial charge on any atom is 0.303 e. The largest absolute Gasteiger partial charge is 0.481 e. The summed E-state index contributed by atoms with van der Waals surface area (Å²) in [6.45, 7) is 4.29.